The topological polar surface area (TPSA) is 97.2 Å². The zero-order valence-corrected chi connectivity index (χ0v) is 17.1. The third-order valence-corrected chi connectivity index (χ3v) is 5.40. The fraction of sp³-hybridized carbons (Fsp3) is 0.545. The van der Waals surface area contributed by atoms with Gasteiger partial charge in [-0.05, 0) is 49.8 Å². The van der Waals surface area contributed by atoms with Gasteiger partial charge in [0.15, 0.2) is 0 Å². The maximum Gasteiger partial charge on any atom is 0.304 e. The van der Waals surface area contributed by atoms with E-state index in [0.717, 1.165) is 68.7 Å². The zero-order valence-electron chi connectivity index (χ0n) is 17.1. The molecule has 2 aromatic rings. The van der Waals surface area contributed by atoms with Gasteiger partial charge in [-0.25, -0.2) is 4.98 Å². The van der Waals surface area contributed by atoms with Crippen molar-refractivity contribution in [2.75, 3.05) is 19.0 Å². The molecular formula is C22H30N4O3. The number of pyridine rings is 1. The molecular weight excluding hydrogens is 368 g/mol. The second-order valence-electron chi connectivity index (χ2n) is 7.59. The van der Waals surface area contributed by atoms with Gasteiger partial charge in [-0.2, -0.15) is 5.10 Å². The van der Waals surface area contributed by atoms with Crippen molar-refractivity contribution in [1.82, 2.24) is 15.2 Å². The van der Waals surface area contributed by atoms with Crippen LogP contribution in [-0.4, -0.2) is 39.9 Å². The summed E-state index contributed by atoms with van der Waals surface area (Å²) in [5.41, 5.74) is 3.19. The van der Waals surface area contributed by atoms with Crippen molar-refractivity contribution in [3.8, 4) is 5.88 Å². The predicted molar refractivity (Wildman–Crippen MR) is 111 cm³/mol. The number of hydrogen-bond donors (Lipinski definition) is 2. The van der Waals surface area contributed by atoms with Crippen LogP contribution in [0.2, 0.25) is 0 Å². The number of anilines is 1. The molecule has 1 aliphatic heterocycles. The Bertz CT molecular complexity index is 795. The van der Waals surface area contributed by atoms with Crippen molar-refractivity contribution in [3.63, 3.8) is 0 Å². The van der Waals surface area contributed by atoms with Gasteiger partial charge in [0, 0.05) is 24.2 Å². The summed E-state index contributed by atoms with van der Waals surface area (Å²) < 4.78 is 5.02. The van der Waals surface area contributed by atoms with Gasteiger partial charge in [0.05, 0.1) is 19.2 Å². The number of carboxylic acid groups (broad SMARTS) is 1. The third-order valence-electron chi connectivity index (χ3n) is 5.40. The van der Waals surface area contributed by atoms with E-state index in [1.165, 1.54) is 19.1 Å². The summed E-state index contributed by atoms with van der Waals surface area (Å²) in [4.78, 5) is 16.0. The zero-order chi connectivity index (χ0) is 20.5. The minimum absolute atomic E-state index is 0.0764. The van der Waals surface area contributed by atoms with Crippen LogP contribution >= 0.6 is 0 Å². The molecule has 29 heavy (non-hydrogen) atoms. The summed E-state index contributed by atoms with van der Waals surface area (Å²) in [6.07, 6.45) is 8.41. The monoisotopic (exact) mass is 398 g/mol. The lowest BCUT2D eigenvalue weighted by molar-refractivity contribution is -0.137. The fourth-order valence-corrected chi connectivity index (χ4v) is 3.78. The Kier molecular flexibility index (Phi) is 7.78. The molecule has 1 aliphatic rings. The van der Waals surface area contributed by atoms with Gasteiger partial charge in [0.2, 0.25) is 5.88 Å². The highest BCUT2D eigenvalue weighted by Crippen LogP contribution is 2.25. The second kappa shape index (κ2) is 10.7. The van der Waals surface area contributed by atoms with Crippen LogP contribution in [0.1, 0.15) is 67.8 Å². The number of ether oxygens (including phenoxy) is 1. The van der Waals surface area contributed by atoms with Crippen molar-refractivity contribution in [1.29, 1.82) is 0 Å². The lowest BCUT2D eigenvalue weighted by Gasteiger charge is -2.17. The number of hydrogen-bond acceptors (Lipinski definition) is 6. The quantitative estimate of drug-likeness (QED) is 0.552. The number of aryl methyl sites for hydroxylation is 2. The normalized spacial score (nSPS) is 14.0. The van der Waals surface area contributed by atoms with Gasteiger partial charge < -0.3 is 15.2 Å². The molecule has 7 heteroatoms. The Hall–Kier alpha value is -2.70. The number of carbonyl (C=O) groups is 1. The summed E-state index contributed by atoms with van der Waals surface area (Å²) in [5.74, 6) is 0.582. The van der Waals surface area contributed by atoms with Gasteiger partial charge in [-0.3, -0.25) is 4.79 Å². The average molecular weight is 399 g/mol. The number of fused-ring (bicyclic) bond motifs is 1. The van der Waals surface area contributed by atoms with Crippen molar-refractivity contribution < 1.29 is 14.6 Å². The van der Waals surface area contributed by atoms with Crippen LogP contribution in [0, 0.1) is 0 Å². The van der Waals surface area contributed by atoms with Crippen molar-refractivity contribution in [2.24, 2.45) is 0 Å². The summed E-state index contributed by atoms with van der Waals surface area (Å²) in [6, 6.07) is 7.90. The number of methoxy groups -OCH3 is 1. The van der Waals surface area contributed by atoms with Crippen LogP contribution in [0.25, 0.3) is 0 Å². The van der Waals surface area contributed by atoms with Crippen LogP contribution in [0.4, 0.5) is 5.82 Å². The molecule has 3 rings (SSSR count). The maximum atomic E-state index is 11.2. The van der Waals surface area contributed by atoms with Crippen LogP contribution in [0.15, 0.2) is 24.3 Å². The smallest absolute Gasteiger partial charge is 0.304 e. The molecule has 0 bridgehead atoms. The van der Waals surface area contributed by atoms with E-state index in [2.05, 4.69) is 27.6 Å². The van der Waals surface area contributed by atoms with E-state index in [4.69, 9.17) is 9.72 Å². The van der Waals surface area contributed by atoms with Crippen molar-refractivity contribution in [3.05, 3.63) is 41.2 Å². The van der Waals surface area contributed by atoms with Gasteiger partial charge in [0.1, 0.15) is 5.82 Å². The van der Waals surface area contributed by atoms with E-state index in [1.807, 2.05) is 6.07 Å². The lowest BCUT2D eigenvalue weighted by atomic mass is 9.94. The third kappa shape index (κ3) is 6.41. The summed E-state index contributed by atoms with van der Waals surface area (Å²) in [7, 11) is 1.54. The number of unbranched alkanes of at least 4 members (excludes halogenated alkanes) is 3. The first-order valence-electron chi connectivity index (χ1n) is 10.5. The Labute approximate surface area is 171 Å². The maximum absolute atomic E-state index is 11.2. The number of nitrogens with one attached hydrogen (secondary N) is 1. The van der Waals surface area contributed by atoms with Gasteiger partial charge >= 0.3 is 5.97 Å². The van der Waals surface area contributed by atoms with E-state index in [-0.39, 0.29) is 12.3 Å². The molecule has 0 radical (unpaired) electrons. The molecule has 0 fully saturated rings. The molecule has 1 atom stereocenters. The number of carboxylic acids is 1. The molecule has 2 N–H and O–H groups in total. The first kappa shape index (κ1) is 21.0. The molecule has 3 heterocycles. The number of rotatable bonds is 11. The Morgan fingerprint density at radius 2 is 2.03 bits per heavy atom. The molecule has 0 spiro atoms. The molecule has 0 aromatic carbocycles. The van der Waals surface area contributed by atoms with Crippen LogP contribution < -0.4 is 10.1 Å². The minimum Gasteiger partial charge on any atom is -0.481 e. The van der Waals surface area contributed by atoms with Gasteiger partial charge in [-0.15, -0.1) is 5.10 Å². The molecule has 0 amide bonds. The minimum atomic E-state index is -0.806. The van der Waals surface area contributed by atoms with Crippen molar-refractivity contribution >= 4 is 11.8 Å². The highest BCUT2D eigenvalue weighted by molar-refractivity contribution is 5.67. The Morgan fingerprint density at radius 3 is 2.79 bits per heavy atom. The fourth-order valence-electron chi connectivity index (χ4n) is 3.78. The van der Waals surface area contributed by atoms with Crippen LogP contribution in [0.5, 0.6) is 5.88 Å². The largest absolute Gasteiger partial charge is 0.481 e. The predicted octanol–water partition coefficient (Wildman–Crippen LogP) is 3.99. The number of aliphatic carboxylic acids is 1. The van der Waals surface area contributed by atoms with Gasteiger partial charge in [-0.1, -0.05) is 25.3 Å². The molecule has 1 unspecified atom stereocenters. The van der Waals surface area contributed by atoms with E-state index < -0.39 is 5.97 Å². The molecule has 156 valence electrons. The van der Waals surface area contributed by atoms with Crippen LogP contribution in [0.3, 0.4) is 0 Å². The molecule has 0 aliphatic carbocycles. The number of aromatic nitrogens is 3. The molecule has 2 aromatic heterocycles. The lowest BCUT2D eigenvalue weighted by Crippen LogP contribution is -2.13. The summed E-state index contributed by atoms with van der Waals surface area (Å²) >= 11 is 0. The first-order valence-corrected chi connectivity index (χ1v) is 10.5. The van der Waals surface area contributed by atoms with Gasteiger partial charge in [0.25, 0.3) is 0 Å². The summed E-state index contributed by atoms with van der Waals surface area (Å²) in [6.45, 7) is 1.01. The van der Waals surface area contributed by atoms with E-state index in [9.17, 15) is 9.90 Å². The molecule has 7 nitrogen and oxygen atoms in total. The summed E-state index contributed by atoms with van der Waals surface area (Å²) in [5, 5.41) is 20.7. The van der Waals surface area contributed by atoms with E-state index in [0.29, 0.717) is 5.88 Å². The number of nitrogens with zero attached hydrogens (tertiary/aromatic N) is 3. The standard InChI is InChI=1S/C22H30N4O3/c1-29-20-13-12-19(25-26-20)17(15-21(27)28)7-4-2-3-5-9-18-11-10-16-8-6-14-23-22(16)24-18/h10-13,17H,2-9,14-15H2,1H3,(H,23,24)(H,27,28). The Balaban J connectivity index is 1.41. The molecule has 0 saturated carbocycles. The average Bonchev–Trinajstić information content (AvgIpc) is 2.75. The first-order chi connectivity index (χ1) is 14.2. The van der Waals surface area contributed by atoms with E-state index in [1.54, 1.807) is 6.07 Å². The highest BCUT2D eigenvalue weighted by atomic mass is 16.5. The SMILES string of the molecule is COc1ccc(C(CCCCCCc2ccc3c(n2)NCCC3)CC(=O)O)nn1. The van der Waals surface area contributed by atoms with Crippen molar-refractivity contribution in [2.45, 2.75) is 63.7 Å². The Morgan fingerprint density at radius 1 is 1.17 bits per heavy atom. The molecule has 0 saturated heterocycles. The van der Waals surface area contributed by atoms with E-state index >= 15 is 0 Å². The van der Waals surface area contributed by atoms with Crippen LogP contribution in [-0.2, 0) is 17.6 Å². The highest BCUT2D eigenvalue weighted by Gasteiger charge is 2.17. The second-order valence-corrected chi connectivity index (χ2v) is 7.59.